The Kier molecular flexibility index (Phi) is 7.64. The zero-order chi connectivity index (χ0) is 49.7. The third-order valence-electron chi connectivity index (χ3n) is 20.3. The van der Waals surface area contributed by atoms with Crippen molar-refractivity contribution in [2.24, 2.45) is 0 Å². The van der Waals surface area contributed by atoms with Gasteiger partial charge in [0.05, 0.1) is 16.7 Å². The fraction of sp³-hybridized carbons (Fsp3) is 0.229. The summed E-state index contributed by atoms with van der Waals surface area (Å²) in [5.41, 5.74) is 25.8. The van der Waals surface area contributed by atoms with Crippen molar-refractivity contribution >= 4 is 95.4 Å². The van der Waals surface area contributed by atoms with E-state index in [9.17, 15) is 0 Å². The molecule has 0 N–H and O–H groups in total. The second-order valence-electron chi connectivity index (χ2n) is 25.9. The lowest BCUT2D eigenvalue weighted by molar-refractivity contribution is 0.333. The smallest absolute Gasteiger partial charge is 0.252 e. The molecule has 1 spiro atoms. The quantitative estimate of drug-likeness (QED) is 0.153. The maximum absolute atomic E-state index is 3.06. The zero-order valence-corrected chi connectivity index (χ0v) is 44.9. The average molecular weight is 967 g/mol. The SMILES string of the molecule is CC1(C)CCC(C)(C)c2c1cc1c3c2c2c4c(cc5c2n3-c2c(ccc3c2B1c1cc2ccccc2c2c(-c6ccccc6)c(-c6ccccc6)n-3c12)[Si]51c2ccccc2-c2ccccc21)C(C)(C)CCC4(C)C. The van der Waals surface area contributed by atoms with Crippen LogP contribution in [-0.2, 0) is 21.7 Å². The molecular weight excluding hydrogens is 908 g/mol. The lowest BCUT2D eigenvalue weighted by Gasteiger charge is -2.46. The largest absolute Gasteiger partial charge is 0.310 e. The van der Waals surface area contributed by atoms with Gasteiger partial charge in [0.15, 0.2) is 8.07 Å². The molecule has 0 saturated carbocycles. The van der Waals surface area contributed by atoms with Gasteiger partial charge < -0.3 is 9.13 Å². The van der Waals surface area contributed by atoms with Crippen molar-refractivity contribution in [1.82, 2.24) is 9.13 Å². The van der Waals surface area contributed by atoms with Gasteiger partial charge in [-0.1, -0.05) is 213 Å². The van der Waals surface area contributed by atoms with Gasteiger partial charge in [-0.2, -0.15) is 0 Å². The topological polar surface area (TPSA) is 9.86 Å². The summed E-state index contributed by atoms with van der Waals surface area (Å²) in [5, 5.41) is 13.4. The first kappa shape index (κ1) is 42.2. The molecule has 4 heteroatoms. The number of aromatic nitrogens is 2. The third kappa shape index (κ3) is 4.71. The van der Waals surface area contributed by atoms with Crippen LogP contribution in [0.2, 0.25) is 0 Å². The van der Waals surface area contributed by atoms with Crippen LogP contribution in [0.3, 0.4) is 0 Å². The van der Waals surface area contributed by atoms with Crippen LogP contribution in [0.15, 0.2) is 164 Å². The maximum Gasteiger partial charge on any atom is 0.252 e. The summed E-state index contributed by atoms with van der Waals surface area (Å²) in [5.74, 6) is 0. The Morgan fingerprint density at radius 3 is 1.62 bits per heavy atom. The van der Waals surface area contributed by atoms with E-state index in [-0.39, 0.29) is 28.4 Å². The standard InChI is InChI=1S/C70H59BN2Si/c1-67(2)33-35-69(5,6)59-46(67)38-49-64-57(59)58-60-47(68(3,4)34-36-70(60,7)8)39-54-65(58)73(64)66-53(74(54)51-29-19-17-27-44(51)45-28-18-20-30-52(45)74)32-31-50-61(66)71(49)48-37-42-25-15-16-26-43(42)56-55(40-21-11-9-12-22-40)62(72(50)63(48)56)41-23-13-10-14-24-41/h9-32,37-39H,33-36H2,1-8H3. The Hall–Kier alpha value is -7.14. The predicted octanol–water partition coefficient (Wildman–Crippen LogP) is 12.7. The van der Waals surface area contributed by atoms with Gasteiger partial charge in [-0.25, -0.2) is 0 Å². The highest BCUT2D eigenvalue weighted by atomic mass is 28.3. The molecule has 2 nitrogen and oxygen atoms in total. The van der Waals surface area contributed by atoms with Crippen molar-refractivity contribution in [2.45, 2.75) is 103 Å². The van der Waals surface area contributed by atoms with Crippen LogP contribution in [0, 0.1) is 0 Å². The molecule has 17 rings (SSSR count). The summed E-state index contributed by atoms with van der Waals surface area (Å²) in [6, 6.07) is 64.8. The molecule has 2 aliphatic carbocycles. The number of nitrogens with zero attached hydrogens (tertiary/aromatic N) is 2. The first-order valence-electron chi connectivity index (χ1n) is 27.6. The van der Waals surface area contributed by atoms with Gasteiger partial charge >= 0.3 is 0 Å². The van der Waals surface area contributed by atoms with Gasteiger partial charge in [0, 0.05) is 38.6 Å². The summed E-state index contributed by atoms with van der Waals surface area (Å²) in [4.78, 5) is 0. The molecule has 2 aromatic heterocycles. The third-order valence-corrected chi connectivity index (χ3v) is 25.2. The van der Waals surface area contributed by atoms with Crippen molar-refractivity contribution in [1.29, 1.82) is 0 Å². The second kappa shape index (κ2) is 13.4. The van der Waals surface area contributed by atoms with Gasteiger partial charge in [0.25, 0.3) is 6.71 Å². The van der Waals surface area contributed by atoms with E-state index >= 15 is 0 Å². The lowest BCUT2D eigenvalue weighted by atomic mass is 9.33. The summed E-state index contributed by atoms with van der Waals surface area (Å²) in [7, 11) is -3.06. The van der Waals surface area contributed by atoms with Crippen molar-refractivity contribution in [2.75, 3.05) is 0 Å². The normalized spacial score (nSPS) is 18.6. The Labute approximate surface area is 435 Å². The molecule has 9 aromatic carbocycles. The molecule has 0 amide bonds. The fourth-order valence-electron chi connectivity index (χ4n) is 16.9. The first-order chi connectivity index (χ1) is 35.7. The van der Waals surface area contributed by atoms with Crippen molar-refractivity contribution in [3.05, 3.63) is 186 Å². The highest BCUT2D eigenvalue weighted by Crippen LogP contribution is 2.57. The summed E-state index contributed by atoms with van der Waals surface area (Å²) in [6.45, 7) is 20.7. The molecule has 0 atom stereocenters. The molecule has 6 aliphatic rings. The molecular formula is C70H59BN2Si. The average Bonchev–Trinajstić information content (AvgIpc) is 4.23. The molecule has 0 unspecified atom stereocenters. The molecule has 74 heavy (non-hydrogen) atoms. The van der Waals surface area contributed by atoms with Gasteiger partial charge in [-0.15, -0.1) is 0 Å². The van der Waals surface area contributed by atoms with Crippen LogP contribution in [0.5, 0.6) is 0 Å². The highest BCUT2D eigenvalue weighted by Gasteiger charge is 2.58. The van der Waals surface area contributed by atoms with Gasteiger partial charge in [0.1, 0.15) is 0 Å². The number of fused-ring (bicyclic) bond motifs is 17. The number of hydrogen-bond donors (Lipinski definition) is 0. The van der Waals surface area contributed by atoms with Crippen LogP contribution < -0.4 is 37.1 Å². The van der Waals surface area contributed by atoms with Crippen LogP contribution in [-0.4, -0.2) is 23.9 Å². The minimum Gasteiger partial charge on any atom is -0.310 e. The van der Waals surface area contributed by atoms with E-state index in [4.69, 9.17) is 0 Å². The second-order valence-corrected chi connectivity index (χ2v) is 29.6. The van der Waals surface area contributed by atoms with E-state index in [2.05, 4.69) is 228 Å². The molecule has 356 valence electrons. The monoisotopic (exact) mass is 966 g/mol. The summed E-state index contributed by atoms with van der Waals surface area (Å²) in [6.07, 6.45) is 4.69. The number of benzene rings is 9. The minimum atomic E-state index is -3.06. The molecule has 0 saturated heterocycles. The molecule has 4 aliphatic heterocycles. The fourth-order valence-corrected chi connectivity index (χ4v) is 22.4. The van der Waals surface area contributed by atoms with Crippen molar-refractivity contribution in [3.63, 3.8) is 0 Å². The first-order valence-corrected chi connectivity index (χ1v) is 29.6. The Bertz CT molecular complexity index is 4380. The molecule has 0 fully saturated rings. The van der Waals surface area contributed by atoms with Crippen LogP contribution in [0.1, 0.15) is 103 Å². The predicted molar refractivity (Wildman–Crippen MR) is 317 cm³/mol. The number of rotatable bonds is 2. The van der Waals surface area contributed by atoms with E-state index in [0.29, 0.717) is 0 Å². The van der Waals surface area contributed by atoms with Crippen molar-refractivity contribution in [3.8, 4) is 44.9 Å². The number of hydrogen-bond acceptors (Lipinski definition) is 0. The summed E-state index contributed by atoms with van der Waals surface area (Å²) >= 11 is 0. The van der Waals surface area contributed by atoms with Crippen LogP contribution >= 0.6 is 0 Å². The Morgan fingerprint density at radius 2 is 0.959 bits per heavy atom. The van der Waals surface area contributed by atoms with Crippen LogP contribution in [0.4, 0.5) is 0 Å². The minimum absolute atomic E-state index is 0.00455. The van der Waals surface area contributed by atoms with E-state index in [0.717, 1.165) is 0 Å². The Balaban J connectivity index is 1.19. The summed E-state index contributed by atoms with van der Waals surface area (Å²) < 4.78 is 5.71. The highest BCUT2D eigenvalue weighted by molar-refractivity contribution is 7.24. The maximum atomic E-state index is 2.95. The van der Waals surface area contributed by atoms with Crippen molar-refractivity contribution < 1.29 is 0 Å². The Morgan fingerprint density at radius 1 is 0.432 bits per heavy atom. The van der Waals surface area contributed by atoms with Gasteiger partial charge in [-0.3, -0.25) is 0 Å². The molecule has 11 aromatic rings. The van der Waals surface area contributed by atoms with E-state index in [1.165, 1.54) is 120 Å². The molecule has 0 bridgehead atoms. The zero-order valence-electron chi connectivity index (χ0n) is 43.9. The van der Waals surface area contributed by atoms with Crippen LogP contribution in [0.25, 0.3) is 88.4 Å². The molecule has 0 radical (unpaired) electrons. The van der Waals surface area contributed by atoms with Gasteiger partial charge in [0.2, 0.25) is 0 Å². The lowest BCUT2D eigenvalue weighted by Crippen LogP contribution is -2.77. The van der Waals surface area contributed by atoms with E-state index < -0.39 is 8.07 Å². The van der Waals surface area contributed by atoms with E-state index in [1.54, 1.807) is 53.8 Å². The van der Waals surface area contributed by atoms with E-state index in [1.807, 2.05) is 0 Å². The molecule has 6 heterocycles. The van der Waals surface area contributed by atoms with Gasteiger partial charge in [-0.05, 0) is 146 Å².